The van der Waals surface area contributed by atoms with E-state index in [1.54, 1.807) is 6.08 Å². The van der Waals surface area contributed by atoms with Gasteiger partial charge < -0.3 is 5.11 Å². The van der Waals surface area contributed by atoms with Crippen LogP contribution in [0, 0.1) is 0 Å². The normalized spacial score (nSPS) is 31.6. The molecule has 1 fully saturated rings. The molecule has 1 heteroatoms. The Morgan fingerprint density at radius 1 is 1.64 bits per heavy atom. The molecule has 0 amide bonds. The Hall–Kier alpha value is -0.820. The molecule has 11 heavy (non-hydrogen) atoms. The number of aliphatic hydroxyl groups is 1. The molecule has 1 N–H and O–H groups in total. The van der Waals surface area contributed by atoms with Crippen molar-refractivity contribution in [3.8, 4) is 0 Å². The van der Waals surface area contributed by atoms with Crippen LogP contribution in [0.4, 0.5) is 0 Å². The standard InChI is InChI=1S/C10H14O/c1-3-5-8-6-7-10(11)9(8)4-2/h3-5,10-11H,1,6-7H2,2H3/b8-5-,9-4+. The molecule has 1 atom stereocenters. The average Bonchev–Trinajstić information content (AvgIpc) is 2.33. The second-order valence-electron chi connectivity index (χ2n) is 2.73. The van der Waals surface area contributed by atoms with Crippen molar-refractivity contribution in [2.45, 2.75) is 25.9 Å². The molecule has 1 aliphatic carbocycles. The maximum absolute atomic E-state index is 9.44. The van der Waals surface area contributed by atoms with Crippen molar-refractivity contribution in [3.05, 3.63) is 36.0 Å². The summed E-state index contributed by atoms with van der Waals surface area (Å²) in [7, 11) is 0. The van der Waals surface area contributed by atoms with Crippen LogP contribution in [0.2, 0.25) is 0 Å². The van der Waals surface area contributed by atoms with Crippen molar-refractivity contribution in [1.29, 1.82) is 0 Å². The van der Waals surface area contributed by atoms with E-state index >= 15 is 0 Å². The van der Waals surface area contributed by atoms with Crippen LogP contribution in [-0.4, -0.2) is 11.2 Å². The minimum absolute atomic E-state index is 0.244. The van der Waals surface area contributed by atoms with E-state index in [1.165, 1.54) is 5.57 Å². The molecular weight excluding hydrogens is 136 g/mol. The fourth-order valence-corrected chi connectivity index (χ4v) is 1.51. The molecule has 0 radical (unpaired) electrons. The van der Waals surface area contributed by atoms with Crippen LogP contribution in [-0.2, 0) is 0 Å². The van der Waals surface area contributed by atoms with Crippen LogP contribution in [0.3, 0.4) is 0 Å². The van der Waals surface area contributed by atoms with E-state index in [-0.39, 0.29) is 6.10 Å². The lowest BCUT2D eigenvalue weighted by Gasteiger charge is -2.02. The summed E-state index contributed by atoms with van der Waals surface area (Å²) >= 11 is 0. The van der Waals surface area contributed by atoms with E-state index in [4.69, 9.17) is 0 Å². The molecule has 0 aromatic heterocycles. The molecule has 0 spiro atoms. The van der Waals surface area contributed by atoms with Crippen LogP contribution >= 0.6 is 0 Å². The van der Waals surface area contributed by atoms with E-state index in [0.29, 0.717) is 0 Å². The van der Waals surface area contributed by atoms with Gasteiger partial charge in [-0.1, -0.05) is 24.8 Å². The van der Waals surface area contributed by atoms with Gasteiger partial charge in [0.25, 0.3) is 0 Å². The minimum atomic E-state index is -0.244. The highest BCUT2D eigenvalue weighted by Crippen LogP contribution is 2.30. The maximum atomic E-state index is 9.44. The molecule has 1 aliphatic rings. The van der Waals surface area contributed by atoms with Crippen LogP contribution < -0.4 is 0 Å². The van der Waals surface area contributed by atoms with E-state index in [9.17, 15) is 5.11 Å². The van der Waals surface area contributed by atoms with Crippen molar-refractivity contribution in [2.24, 2.45) is 0 Å². The van der Waals surface area contributed by atoms with Crippen LogP contribution in [0.1, 0.15) is 19.8 Å². The first-order valence-corrected chi connectivity index (χ1v) is 3.95. The van der Waals surface area contributed by atoms with Crippen molar-refractivity contribution >= 4 is 0 Å². The van der Waals surface area contributed by atoms with E-state index in [2.05, 4.69) is 6.58 Å². The highest BCUT2D eigenvalue weighted by Gasteiger charge is 2.21. The molecule has 0 heterocycles. The Morgan fingerprint density at radius 3 is 2.91 bits per heavy atom. The second-order valence-corrected chi connectivity index (χ2v) is 2.73. The third-order valence-corrected chi connectivity index (χ3v) is 2.05. The van der Waals surface area contributed by atoms with Crippen LogP contribution in [0.5, 0.6) is 0 Å². The number of allylic oxidation sites excluding steroid dienone is 3. The monoisotopic (exact) mass is 150 g/mol. The Balaban J connectivity index is 2.86. The molecule has 1 rings (SSSR count). The molecule has 1 saturated carbocycles. The Labute approximate surface area is 67.7 Å². The van der Waals surface area contributed by atoms with Crippen molar-refractivity contribution in [3.63, 3.8) is 0 Å². The van der Waals surface area contributed by atoms with Crippen molar-refractivity contribution in [1.82, 2.24) is 0 Å². The van der Waals surface area contributed by atoms with E-state index in [1.807, 2.05) is 19.1 Å². The fourth-order valence-electron chi connectivity index (χ4n) is 1.51. The summed E-state index contributed by atoms with van der Waals surface area (Å²) in [5.74, 6) is 0. The quantitative estimate of drug-likeness (QED) is 0.607. The first kappa shape index (κ1) is 8.28. The van der Waals surface area contributed by atoms with Crippen LogP contribution in [0.15, 0.2) is 36.0 Å². The Morgan fingerprint density at radius 2 is 2.36 bits per heavy atom. The molecule has 1 unspecified atom stereocenters. The zero-order valence-corrected chi connectivity index (χ0v) is 6.88. The summed E-state index contributed by atoms with van der Waals surface area (Å²) in [6, 6.07) is 0. The van der Waals surface area contributed by atoms with Gasteiger partial charge in [0.1, 0.15) is 0 Å². The van der Waals surface area contributed by atoms with Gasteiger partial charge in [-0.05, 0) is 30.9 Å². The summed E-state index contributed by atoms with van der Waals surface area (Å²) in [6.45, 7) is 5.59. The first-order chi connectivity index (χ1) is 5.29. The van der Waals surface area contributed by atoms with Gasteiger partial charge in [0.05, 0.1) is 6.10 Å². The topological polar surface area (TPSA) is 20.2 Å². The summed E-state index contributed by atoms with van der Waals surface area (Å²) in [5, 5.41) is 9.44. The first-order valence-electron chi connectivity index (χ1n) is 3.95. The largest absolute Gasteiger partial charge is 0.388 e. The van der Waals surface area contributed by atoms with Gasteiger partial charge in [-0.25, -0.2) is 0 Å². The van der Waals surface area contributed by atoms with E-state index < -0.39 is 0 Å². The summed E-state index contributed by atoms with van der Waals surface area (Å²) < 4.78 is 0. The van der Waals surface area contributed by atoms with Gasteiger partial charge >= 0.3 is 0 Å². The lowest BCUT2D eigenvalue weighted by molar-refractivity contribution is 0.218. The summed E-state index contributed by atoms with van der Waals surface area (Å²) in [6.07, 6.45) is 7.33. The predicted molar refractivity (Wildman–Crippen MR) is 47.3 cm³/mol. The lowest BCUT2D eigenvalue weighted by atomic mass is 10.1. The molecule has 60 valence electrons. The summed E-state index contributed by atoms with van der Waals surface area (Å²) in [4.78, 5) is 0. The molecular formula is C10H14O. The third-order valence-electron chi connectivity index (χ3n) is 2.05. The highest BCUT2D eigenvalue weighted by atomic mass is 16.3. The zero-order valence-electron chi connectivity index (χ0n) is 6.88. The van der Waals surface area contributed by atoms with Crippen molar-refractivity contribution in [2.75, 3.05) is 0 Å². The molecule has 0 aromatic rings. The second kappa shape index (κ2) is 3.54. The lowest BCUT2D eigenvalue weighted by Crippen LogP contribution is -2.01. The number of rotatable bonds is 1. The minimum Gasteiger partial charge on any atom is -0.388 e. The van der Waals surface area contributed by atoms with Gasteiger partial charge in [0.2, 0.25) is 0 Å². The van der Waals surface area contributed by atoms with Crippen LogP contribution in [0.25, 0.3) is 0 Å². The highest BCUT2D eigenvalue weighted by molar-refractivity contribution is 5.39. The summed E-state index contributed by atoms with van der Waals surface area (Å²) in [5.41, 5.74) is 2.31. The smallest absolute Gasteiger partial charge is 0.0792 e. The molecule has 0 aliphatic heterocycles. The number of hydrogen-bond donors (Lipinski definition) is 1. The van der Waals surface area contributed by atoms with Crippen molar-refractivity contribution < 1.29 is 5.11 Å². The molecule has 1 nitrogen and oxygen atoms in total. The number of aliphatic hydroxyl groups excluding tert-OH is 1. The fraction of sp³-hybridized carbons (Fsp3) is 0.400. The SMILES string of the molecule is C=C/C=C1/CCC(O)/C1=C/C. The molecule has 0 saturated heterocycles. The van der Waals surface area contributed by atoms with Gasteiger partial charge in [0.15, 0.2) is 0 Å². The van der Waals surface area contributed by atoms with E-state index in [0.717, 1.165) is 18.4 Å². The number of hydrogen-bond acceptors (Lipinski definition) is 1. The molecule has 0 bridgehead atoms. The third kappa shape index (κ3) is 1.60. The van der Waals surface area contributed by atoms with Gasteiger partial charge in [-0.15, -0.1) is 0 Å². The van der Waals surface area contributed by atoms with Gasteiger partial charge in [-0.3, -0.25) is 0 Å². The molecule has 0 aromatic carbocycles. The Kier molecular flexibility index (Phi) is 2.66. The predicted octanol–water partition coefficient (Wildman–Crippen LogP) is 2.20. The zero-order chi connectivity index (χ0) is 8.27. The van der Waals surface area contributed by atoms with Gasteiger partial charge in [-0.2, -0.15) is 0 Å². The van der Waals surface area contributed by atoms with Gasteiger partial charge in [0, 0.05) is 0 Å². The average molecular weight is 150 g/mol. The Bertz CT molecular complexity index is 211. The maximum Gasteiger partial charge on any atom is 0.0792 e.